The highest BCUT2D eigenvalue weighted by molar-refractivity contribution is 5.75. The number of nitrogens with zero attached hydrogens (tertiary/aromatic N) is 3. The fourth-order valence-corrected chi connectivity index (χ4v) is 3.94. The van der Waals surface area contributed by atoms with Gasteiger partial charge in [-0.15, -0.1) is 5.10 Å². The van der Waals surface area contributed by atoms with Gasteiger partial charge in [0.25, 0.3) is 0 Å². The van der Waals surface area contributed by atoms with E-state index in [4.69, 9.17) is 4.74 Å². The minimum absolute atomic E-state index is 0.0234. The van der Waals surface area contributed by atoms with E-state index in [1.807, 2.05) is 20.8 Å². The molecule has 3 atom stereocenters. The molecule has 1 fully saturated rings. The largest absolute Gasteiger partial charge is 0.465 e. The fourth-order valence-electron chi connectivity index (χ4n) is 3.94. The zero-order chi connectivity index (χ0) is 17.7. The molecule has 2 aliphatic carbocycles. The van der Waals surface area contributed by atoms with Crippen LogP contribution < -0.4 is 0 Å². The molecule has 24 heavy (non-hydrogen) atoms. The molecular weight excluding hydrogens is 302 g/mol. The van der Waals surface area contributed by atoms with Gasteiger partial charge in [0.05, 0.1) is 28.9 Å². The smallest absolute Gasteiger partial charge is 0.311 e. The van der Waals surface area contributed by atoms with E-state index in [0.29, 0.717) is 24.4 Å². The summed E-state index contributed by atoms with van der Waals surface area (Å²) in [6, 6.07) is 0. The topological polar surface area (TPSA) is 57.0 Å². The summed E-state index contributed by atoms with van der Waals surface area (Å²) >= 11 is 0. The number of fused-ring (bicyclic) bond motifs is 2. The molecule has 0 N–H and O–H groups in total. The number of aryl methyl sites for hydroxylation is 1. The predicted molar refractivity (Wildman–Crippen MR) is 92.5 cm³/mol. The first kappa shape index (κ1) is 17.4. The first-order chi connectivity index (χ1) is 11.1. The average molecular weight is 333 g/mol. The number of rotatable bonds is 2. The Bertz CT molecular complexity index is 622. The maximum Gasteiger partial charge on any atom is 0.311 e. The average Bonchev–Trinajstić information content (AvgIpc) is 2.90. The summed E-state index contributed by atoms with van der Waals surface area (Å²) in [7, 11) is 0. The Kier molecular flexibility index (Phi) is 4.25. The molecule has 1 saturated carbocycles. The van der Waals surface area contributed by atoms with Crippen molar-refractivity contribution in [1.82, 2.24) is 15.0 Å². The molecule has 1 aromatic rings. The lowest BCUT2D eigenvalue weighted by Gasteiger charge is -2.22. The quantitative estimate of drug-likeness (QED) is 0.779. The van der Waals surface area contributed by atoms with Gasteiger partial charge >= 0.3 is 5.97 Å². The van der Waals surface area contributed by atoms with E-state index in [0.717, 1.165) is 25.7 Å². The van der Waals surface area contributed by atoms with Crippen molar-refractivity contribution < 1.29 is 9.53 Å². The first-order valence-electron chi connectivity index (χ1n) is 9.20. The van der Waals surface area contributed by atoms with Crippen molar-refractivity contribution in [1.29, 1.82) is 0 Å². The van der Waals surface area contributed by atoms with Crippen LogP contribution in [0.5, 0.6) is 0 Å². The molecule has 1 heterocycles. The zero-order valence-electron chi connectivity index (χ0n) is 15.9. The Morgan fingerprint density at radius 1 is 1.12 bits per heavy atom. The summed E-state index contributed by atoms with van der Waals surface area (Å²) in [5, 5.41) is 8.83. The number of hydrogen-bond acceptors (Lipinski definition) is 4. The van der Waals surface area contributed by atoms with Crippen LogP contribution in [0.1, 0.15) is 65.8 Å². The maximum absolute atomic E-state index is 12.0. The number of carbonyl (C=O) groups is 1. The third-order valence-electron chi connectivity index (χ3n) is 5.44. The lowest BCUT2D eigenvalue weighted by molar-refractivity contribution is -0.153. The standard InChI is InChI=1S/C19H31N3O2/c1-18(2,3)17(23)24-11-14-12-7-9-15-16(10-8-13(12)14)22(21-20-15)19(4,5)6/h12-14H,7-11H2,1-6H3. The molecule has 0 saturated heterocycles. The van der Waals surface area contributed by atoms with Crippen molar-refractivity contribution in [2.24, 2.45) is 23.2 Å². The number of ether oxygens (including phenoxy) is 1. The van der Waals surface area contributed by atoms with E-state index in [1.54, 1.807) is 0 Å². The summed E-state index contributed by atoms with van der Waals surface area (Å²) in [5.41, 5.74) is 2.04. The van der Waals surface area contributed by atoms with Crippen LogP contribution in [0.25, 0.3) is 0 Å². The summed E-state index contributed by atoms with van der Waals surface area (Å²) in [6.07, 6.45) is 4.32. The number of aromatic nitrogens is 3. The van der Waals surface area contributed by atoms with Crippen LogP contribution in [0.4, 0.5) is 0 Å². The van der Waals surface area contributed by atoms with Gasteiger partial charge in [-0.1, -0.05) is 5.21 Å². The van der Waals surface area contributed by atoms with Crippen LogP contribution >= 0.6 is 0 Å². The molecule has 0 bridgehead atoms. The van der Waals surface area contributed by atoms with Gasteiger partial charge in [-0.3, -0.25) is 4.79 Å². The Morgan fingerprint density at radius 3 is 2.33 bits per heavy atom. The highest BCUT2D eigenvalue weighted by Gasteiger charge is 2.50. The highest BCUT2D eigenvalue weighted by Crippen LogP contribution is 2.53. The van der Waals surface area contributed by atoms with Crippen molar-refractivity contribution in [3.63, 3.8) is 0 Å². The van der Waals surface area contributed by atoms with Crippen LogP contribution in [0.15, 0.2) is 0 Å². The van der Waals surface area contributed by atoms with Gasteiger partial charge < -0.3 is 4.74 Å². The van der Waals surface area contributed by atoms with E-state index in [2.05, 4.69) is 35.8 Å². The highest BCUT2D eigenvalue weighted by atomic mass is 16.5. The molecule has 3 rings (SSSR count). The van der Waals surface area contributed by atoms with Crippen LogP contribution in [-0.4, -0.2) is 27.6 Å². The molecule has 0 aliphatic heterocycles. The summed E-state index contributed by atoms with van der Waals surface area (Å²) in [4.78, 5) is 12.0. The molecule has 0 radical (unpaired) electrons. The molecule has 0 amide bonds. The summed E-state index contributed by atoms with van der Waals surface area (Å²) in [5.74, 6) is 1.83. The van der Waals surface area contributed by atoms with Crippen molar-refractivity contribution in [3.8, 4) is 0 Å². The van der Waals surface area contributed by atoms with Gasteiger partial charge in [-0.2, -0.15) is 0 Å². The number of carbonyl (C=O) groups excluding carboxylic acids is 1. The fraction of sp³-hybridized carbons (Fsp3) is 0.842. The van der Waals surface area contributed by atoms with Crippen molar-refractivity contribution >= 4 is 5.97 Å². The third kappa shape index (κ3) is 3.35. The van der Waals surface area contributed by atoms with Crippen LogP contribution in [0.3, 0.4) is 0 Å². The lowest BCUT2D eigenvalue weighted by Crippen LogP contribution is -2.26. The summed E-state index contributed by atoms with van der Waals surface area (Å²) in [6.45, 7) is 12.8. The SMILES string of the molecule is CC(C)(C)C(=O)OCC1C2CCc3nnn(C(C)(C)C)c3CCC21. The molecular formula is C19H31N3O2. The second-order valence-electron chi connectivity index (χ2n) is 9.48. The lowest BCUT2D eigenvalue weighted by atomic mass is 9.97. The van der Waals surface area contributed by atoms with Crippen molar-refractivity contribution in [2.45, 2.75) is 72.8 Å². The van der Waals surface area contributed by atoms with E-state index in [-0.39, 0.29) is 11.5 Å². The van der Waals surface area contributed by atoms with Gasteiger partial charge in [0.2, 0.25) is 0 Å². The Balaban J connectivity index is 1.62. The van der Waals surface area contributed by atoms with Gasteiger partial charge in [0, 0.05) is 0 Å². The maximum atomic E-state index is 12.0. The third-order valence-corrected chi connectivity index (χ3v) is 5.44. The van der Waals surface area contributed by atoms with Crippen LogP contribution in [0, 0.1) is 23.2 Å². The molecule has 1 aromatic heterocycles. The Labute approximate surface area is 145 Å². The molecule has 5 heteroatoms. The molecule has 0 spiro atoms. The van der Waals surface area contributed by atoms with Crippen LogP contribution in [-0.2, 0) is 27.9 Å². The normalized spacial score (nSPS) is 26.8. The number of hydrogen-bond donors (Lipinski definition) is 0. The predicted octanol–water partition coefficient (Wildman–Crippen LogP) is 3.36. The van der Waals surface area contributed by atoms with Gasteiger partial charge in [-0.05, 0) is 85.0 Å². The monoisotopic (exact) mass is 333 g/mol. The van der Waals surface area contributed by atoms with Crippen molar-refractivity contribution in [3.05, 3.63) is 11.4 Å². The van der Waals surface area contributed by atoms with Gasteiger partial charge in [-0.25, -0.2) is 4.68 Å². The van der Waals surface area contributed by atoms with Crippen LogP contribution in [0.2, 0.25) is 0 Å². The number of esters is 1. The second-order valence-corrected chi connectivity index (χ2v) is 9.48. The Hall–Kier alpha value is -1.39. The summed E-state index contributed by atoms with van der Waals surface area (Å²) < 4.78 is 7.67. The zero-order valence-corrected chi connectivity index (χ0v) is 15.9. The minimum Gasteiger partial charge on any atom is -0.465 e. The van der Waals surface area contributed by atoms with E-state index < -0.39 is 5.41 Å². The molecule has 2 aliphatic rings. The minimum atomic E-state index is -0.413. The van der Waals surface area contributed by atoms with E-state index in [9.17, 15) is 4.79 Å². The molecule has 5 nitrogen and oxygen atoms in total. The Morgan fingerprint density at radius 2 is 1.75 bits per heavy atom. The molecule has 0 aromatic carbocycles. The molecule has 134 valence electrons. The first-order valence-corrected chi connectivity index (χ1v) is 9.20. The van der Waals surface area contributed by atoms with Gasteiger partial charge in [0.1, 0.15) is 0 Å². The van der Waals surface area contributed by atoms with Gasteiger partial charge in [0.15, 0.2) is 0 Å². The van der Waals surface area contributed by atoms with E-state index in [1.165, 1.54) is 11.4 Å². The van der Waals surface area contributed by atoms with Crippen molar-refractivity contribution in [2.75, 3.05) is 6.61 Å². The second kappa shape index (κ2) is 5.85. The molecule has 3 unspecified atom stereocenters. The van der Waals surface area contributed by atoms with E-state index >= 15 is 0 Å².